The number of nitrogens with zero attached hydrogens (tertiary/aromatic N) is 2. The summed E-state index contributed by atoms with van der Waals surface area (Å²) < 4.78 is 0. The molecule has 2 amide bonds. The Labute approximate surface area is 115 Å². The fourth-order valence-electron chi connectivity index (χ4n) is 2.61. The monoisotopic (exact) mass is 261 g/mol. The average molecular weight is 261 g/mol. The average Bonchev–Trinajstić information content (AvgIpc) is 2.73. The number of hydrogen-bond donors (Lipinski definition) is 1. The van der Waals surface area contributed by atoms with Crippen LogP contribution in [0, 0.1) is 5.92 Å². The zero-order chi connectivity index (χ0) is 13.8. The molecule has 19 heavy (non-hydrogen) atoms. The van der Waals surface area contributed by atoms with Gasteiger partial charge in [-0.25, -0.2) is 4.79 Å². The first-order valence-electron chi connectivity index (χ1n) is 7.03. The molecule has 1 saturated heterocycles. The predicted octanol–water partition coefficient (Wildman–Crippen LogP) is 2.95. The van der Waals surface area contributed by atoms with Crippen LogP contribution in [0.15, 0.2) is 24.3 Å². The van der Waals surface area contributed by atoms with Gasteiger partial charge in [0.15, 0.2) is 0 Å². The van der Waals surface area contributed by atoms with Crippen molar-refractivity contribution in [3.8, 4) is 0 Å². The second-order valence-corrected chi connectivity index (χ2v) is 5.37. The fraction of sp³-hybridized carbons (Fsp3) is 0.533. The molecule has 0 radical (unpaired) electrons. The maximum atomic E-state index is 12.4. The first-order valence-corrected chi connectivity index (χ1v) is 7.03. The number of anilines is 2. The molecule has 1 aromatic carbocycles. The van der Waals surface area contributed by atoms with E-state index in [0.717, 1.165) is 31.0 Å². The van der Waals surface area contributed by atoms with Crippen LogP contribution in [0.5, 0.6) is 0 Å². The molecule has 0 bridgehead atoms. The standard InChI is InChI=1S/C15H23N3O/c1-3-4-12(2)11-17-9-10-18(15(17)19)14-7-5-13(16)6-8-14/h5-8,12H,3-4,9-11,16H2,1-2H3. The van der Waals surface area contributed by atoms with Crippen molar-refractivity contribution in [2.45, 2.75) is 26.7 Å². The Balaban J connectivity index is 1.99. The molecule has 0 aromatic heterocycles. The molecule has 4 heteroatoms. The van der Waals surface area contributed by atoms with Gasteiger partial charge in [0.2, 0.25) is 0 Å². The molecule has 2 N–H and O–H groups in total. The molecular formula is C15H23N3O. The van der Waals surface area contributed by atoms with Crippen LogP contribution in [0.2, 0.25) is 0 Å². The second-order valence-electron chi connectivity index (χ2n) is 5.37. The quantitative estimate of drug-likeness (QED) is 0.828. The molecule has 0 spiro atoms. The first-order chi connectivity index (χ1) is 9.11. The SMILES string of the molecule is CCCC(C)CN1CCN(c2ccc(N)cc2)C1=O. The van der Waals surface area contributed by atoms with Crippen LogP contribution >= 0.6 is 0 Å². The van der Waals surface area contributed by atoms with Crippen molar-refractivity contribution in [1.82, 2.24) is 4.90 Å². The summed E-state index contributed by atoms with van der Waals surface area (Å²) in [6.45, 7) is 6.84. The molecule has 1 heterocycles. The zero-order valence-electron chi connectivity index (χ0n) is 11.8. The number of nitrogen functional groups attached to an aromatic ring is 1. The molecule has 0 saturated carbocycles. The van der Waals surface area contributed by atoms with Crippen molar-refractivity contribution in [3.63, 3.8) is 0 Å². The molecule has 1 fully saturated rings. The van der Waals surface area contributed by atoms with Crippen LogP contribution in [0.3, 0.4) is 0 Å². The van der Waals surface area contributed by atoms with E-state index in [0.29, 0.717) is 5.92 Å². The molecule has 1 atom stereocenters. The van der Waals surface area contributed by atoms with Gasteiger partial charge in [-0.2, -0.15) is 0 Å². The minimum Gasteiger partial charge on any atom is -0.399 e. The molecule has 1 aliphatic heterocycles. The van der Waals surface area contributed by atoms with E-state index in [1.165, 1.54) is 12.8 Å². The minimum absolute atomic E-state index is 0.118. The lowest BCUT2D eigenvalue weighted by Crippen LogP contribution is -2.34. The summed E-state index contributed by atoms with van der Waals surface area (Å²) in [5.41, 5.74) is 7.33. The van der Waals surface area contributed by atoms with Gasteiger partial charge < -0.3 is 10.6 Å². The van der Waals surface area contributed by atoms with Gasteiger partial charge in [-0.15, -0.1) is 0 Å². The van der Waals surface area contributed by atoms with Gasteiger partial charge >= 0.3 is 6.03 Å². The maximum absolute atomic E-state index is 12.4. The van der Waals surface area contributed by atoms with E-state index >= 15 is 0 Å². The third-order valence-electron chi connectivity index (χ3n) is 3.61. The third-order valence-corrected chi connectivity index (χ3v) is 3.61. The lowest BCUT2D eigenvalue weighted by Gasteiger charge is -2.21. The number of amides is 2. The molecule has 104 valence electrons. The number of urea groups is 1. The van der Waals surface area contributed by atoms with Gasteiger partial charge in [0.1, 0.15) is 0 Å². The normalized spacial score (nSPS) is 17.1. The summed E-state index contributed by atoms with van der Waals surface area (Å²) in [4.78, 5) is 16.1. The van der Waals surface area contributed by atoms with E-state index in [1.54, 1.807) is 0 Å². The summed E-state index contributed by atoms with van der Waals surface area (Å²) in [5.74, 6) is 0.570. The van der Waals surface area contributed by atoms with E-state index in [4.69, 9.17) is 5.73 Å². The summed E-state index contributed by atoms with van der Waals surface area (Å²) in [7, 11) is 0. The predicted molar refractivity (Wildman–Crippen MR) is 79.2 cm³/mol. The van der Waals surface area contributed by atoms with Gasteiger partial charge in [0, 0.05) is 31.0 Å². The van der Waals surface area contributed by atoms with E-state index in [-0.39, 0.29) is 6.03 Å². The summed E-state index contributed by atoms with van der Waals surface area (Å²) >= 11 is 0. The Morgan fingerprint density at radius 1 is 1.26 bits per heavy atom. The summed E-state index contributed by atoms with van der Waals surface area (Å²) in [5, 5.41) is 0. The summed E-state index contributed by atoms with van der Waals surface area (Å²) in [6, 6.07) is 7.61. The highest BCUT2D eigenvalue weighted by Crippen LogP contribution is 2.22. The highest BCUT2D eigenvalue weighted by Gasteiger charge is 2.29. The second kappa shape index (κ2) is 5.95. The first kappa shape index (κ1) is 13.7. The Morgan fingerprint density at radius 3 is 2.58 bits per heavy atom. The fourth-order valence-corrected chi connectivity index (χ4v) is 2.61. The molecule has 0 aliphatic carbocycles. The highest BCUT2D eigenvalue weighted by atomic mass is 16.2. The van der Waals surface area contributed by atoms with Crippen molar-refractivity contribution >= 4 is 17.4 Å². The maximum Gasteiger partial charge on any atom is 0.324 e. The molecule has 1 aromatic rings. The number of carbonyl (C=O) groups is 1. The minimum atomic E-state index is 0.118. The van der Waals surface area contributed by atoms with E-state index in [9.17, 15) is 4.79 Å². The van der Waals surface area contributed by atoms with Crippen LogP contribution in [-0.4, -0.2) is 30.6 Å². The lowest BCUT2D eigenvalue weighted by molar-refractivity contribution is 0.212. The largest absolute Gasteiger partial charge is 0.399 e. The number of hydrogen-bond acceptors (Lipinski definition) is 2. The van der Waals surface area contributed by atoms with E-state index in [1.807, 2.05) is 34.1 Å². The third kappa shape index (κ3) is 3.19. The van der Waals surface area contributed by atoms with Crippen LogP contribution in [0.4, 0.5) is 16.2 Å². The van der Waals surface area contributed by atoms with E-state index < -0.39 is 0 Å². The Bertz CT molecular complexity index is 430. The van der Waals surface area contributed by atoms with Crippen LogP contribution < -0.4 is 10.6 Å². The van der Waals surface area contributed by atoms with Gasteiger partial charge in [0.05, 0.1) is 0 Å². The Morgan fingerprint density at radius 2 is 1.95 bits per heavy atom. The Kier molecular flexibility index (Phi) is 4.30. The van der Waals surface area contributed by atoms with Gasteiger partial charge in [-0.1, -0.05) is 20.3 Å². The molecule has 1 aliphatic rings. The van der Waals surface area contributed by atoms with Crippen LogP contribution in [-0.2, 0) is 0 Å². The van der Waals surface area contributed by atoms with Crippen molar-refractivity contribution in [3.05, 3.63) is 24.3 Å². The van der Waals surface area contributed by atoms with Crippen molar-refractivity contribution in [2.24, 2.45) is 5.92 Å². The number of carbonyl (C=O) groups excluding carboxylic acids is 1. The molecule has 2 rings (SSSR count). The van der Waals surface area contributed by atoms with Crippen molar-refractivity contribution < 1.29 is 4.79 Å². The zero-order valence-corrected chi connectivity index (χ0v) is 11.8. The van der Waals surface area contributed by atoms with Gasteiger partial charge in [-0.05, 0) is 36.6 Å². The van der Waals surface area contributed by atoms with Crippen LogP contribution in [0.1, 0.15) is 26.7 Å². The topological polar surface area (TPSA) is 49.6 Å². The lowest BCUT2D eigenvalue weighted by atomic mass is 10.1. The van der Waals surface area contributed by atoms with Gasteiger partial charge in [-0.3, -0.25) is 4.90 Å². The molecule has 4 nitrogen and oxygen atoms in total. The van der Waals surface area contributed by atoms with E-state index in [2.05, 4.69) is 13.8 Å². The smallest absolute Gasteiger partial charge is 0.324 e. The van der Waals surface area contributed by atoms with Crippen molar-refractivity contribution in [1.29, 1.82) is 0 Å². The van der Waals surface area contributed by atoms with Crippen LogP contribution in [0.25, 0.3) is 0 Å². The van der Waals surface area contributed by atoms with Gasteiger partial charge in [0.25, 0.3) is 0 Å². The highest BCUT2D eigenvalue weighted by molar-refractivity contribution is 5.94. The number of nitrogens with two attached hydrogens (primary N) is 1. The van der Waals surface area contributed by atoms with Crippen molar-refractivity contribution in [2.75, 3.05) is 30.3 Å². The molecule has 1 unspecified atom stereocenters. The molecular weight excluding hydrogens is 238 g/mol. The number of rotatable bonds is 5. The Hall–Kier alpha value is -1.71. The number of benzene rings is 1. The summed E-state index contributed by atoms with van der Waals surface area (Å²) in [6.07, 6.45) is 2.34.